The van der Waals surface area contributed by atoms with Crippen LogP contribution in [0.5, 0.6) is 0 Å². The van der Waals surface area contributed by atoms with Gasteiger partial charge in [-0.15, -0.1) is 0 Å². The van der Waals surface area contributed by atoms with E-state index in [0.717, 1.165) is 44.0 Å². The van der Waals surface area contributed by atoms with Crippen molar-refractivity contribution in [3.05, 3.63) is 23.4 Å². The van der Waals surface area contributed by atoms with Gasteiger partial charge in [0.1, 0.15) is 5.82 Å². The monoisotopic (exact) mass is 263 g/mol. The van der Waals surface area contributed by atoms with Crippen LogP contribution in [0, 0.1) is 6.92 Å². The number of nitrogens with one attached hydrogen (secondary N) is 1. The minimum atomic E-state index is -0.0488. The SMILES string of the molecule is CNCc1cc(C)nc(N2CCCC(C)(OC)C2)c1. The van der Waals surface area contributed by atoms with Gasteiger partial charge in [0.25, 0.3) is 0 Å². The second-order valence-electron chi connectivity index (χ2n) is 5.68. The third-order valence-electron chi connectivity index (χ3n) is 3.86. The van der Waals surface area contributed by atoms with Crippen LogP contribution in [0.2, 0.25) is 0 Å². The Labute approximate surface area is 116 Å². The second kappa shape index (κ2) is 5.88. The molecule has 1 saturated heterocycles. The molecule has 0 radical (unpaired) electrons. The van der Waals surface area contributed by atoms with Crippen molar-refractivity contribution in [1.82, 2.24) is 10.3 Å². The quantitative estimate of drug-likeness (QED) is 0.903. The molecule has 1 aliphatic heterocycles. The molecule has 0 saturated carbocycles. The lowest BCUT2D eigenvalue weighted by atomic mass is 9.94. The summed E-state index contributed by atoms with van der Waals surface area (Å²) in [7, 11) is 3.78. The van der Waals surface area contributed by atoms with E-state index in [4.69, 9.17) is 4.74 Å². The molecule has 1 aromatic heterocycles. The van der Waals surface area contributed by atoms with Crippen molar-refractivity contribution in [3.8, 4) is 0 Å². The molecule has 19 heavy (non-hydrogen) atoms. The number of hydrogen-bond acceptors (Lipinski definition) is 4. The fourth-order valence-corrected chi connectivity index (χ4v) is 2.76. The van der Waals surface area contributed by atoms with E-state index in [2.05, 4.69) is 41.2 Å². The molecule has 1 atom stereocenters. The zero-order chi connectivity index (χ0) is 13.9. The number of aromatic nitrogens is 1. The molecule has 4 heteroatoms. The van der Waals surface area contributed by atoms with Gasteiger partial charge in [0.05, 0.1) is 5.60 Å². The number of methoxy groups -OCH3 is 1. The first kappa shape index (κ1) is 14.3. The molecule has 4 nitrogen and oxygen atoms in total. The molecule has 1 fully saturated rings. The number of nitrogens with zero attached hydrogens (tertiary/aromatic N) is 2. The van der Waals surface area contributed by atoms with Crippen LogP contribution in [0.1, 0.15) is 31.0 Å². The first-order chi connectivity index (χ1) is 9.06. The number of rotatable bonds is 4. The number of ether oxygens (including phenoxy) is 1. The molecule has 2 heterocycles. The number of pyridine rings is 1. The lowest BCUT2D eigenvalue weighted by Gasteiger charge is -2.40. The summed E-state index contributed by atoms with van der Waals surface area (Å²) in [6.07, 6.45) is 2.27. The Morgan fingerprint density at radius 3 is 2.95 bits per heavy atom. The Morgan fingerprint density at radius 2 is 2.26 bits per heavy atom. The van der Waals surface area contributed by atoms with Gasteiger partial charge in [-0.2, -0.15) is 0 Å². The third kappa shape index (κ3) is 3.45. The summed E-state index contributed by atoms with van der Waals surface area (Å²) in [6.45, 7) is 7.10. The highest BCUT2D eigenvalue weighted by atomic mass is 16.5. The molecule has 2 rings (SSSR count). The largest absolute Gasteiger partial charge is 0.377 e. The van der Waals surface area contributed by atoms with Crippen LogP contribution in [-0.4, -0.2) is 37.8 Å². The van der Waals surface area contributed by atoms with Crippen molar-refractivity contribution >= 4 is 5.82 Å². The van der Waals surface area contributed by atoms with Gasteiger partial charge in [0, 0.05) is 32.4 Å². The molecule has 0 aliphatic carbocycles. The second-order valence-corrected chi connectivity index (χ2v) is 5.68. The topological polar surface area (TPSA) is 37.4 Å². The third-order valence-corrected chi connectivity index (χ3v) is 3.86. The van der Waals surface area contributed by atoms with Crippen LogP contribution in [0.25, 0.3) is 0 Å². The highest BCUT2D eigenvalue weighted by Crippen LogP contribution is 2.27. The molecule has 1 aromatic rings. The Hall–Kier alpha value is -1.13. The van der Waals surface area contributed by atoms with Crippen molar-refractivity contribution in [2.24, 2.45) is 0 Å². The van der Waals surface area contributed by atoms with E-state index in [-0.39, 0.29) is 5.60 Å². The van der Waals surface area contributed by atoms with E-state index >= 15 is 0 Å². The zero-order valence-electron chi connectivity index (χ0n) is 12.5. The van der Waals surface area contributed by atoms with Gasteiger partial charge in [0.2, 0.25) is 0 Å². The molecule has 1 N–H and O–H groups in total. The van der Waals surface area contributed by atoms with E-state index < -0.39 is 0 Å². The maximum atomic E-state index is 5.66. The smallest absolute Gasteiger partial charge is 0.129 e. The van der Waals surface area contributed by atoms with Gasteiger partial charge < -0.3 is 15.0 Å². The van der Waals surface area contributed by atoms with Crippen LogP contribution in [-0.2, 0) is 11.3 Å². The summed E-state index contributed by atoms with van der Waals surface area (Å²) >= 11 is 0. The van der Waals surface area contributed by atoms with E-state index in [0.29, 0.717) is 0 Å². The fraction of sp³-hybridized carbons (Fsp3) is 0.667. The van der Waals surface area contributed by atoms with Crippen molar-refractivity contribution in [3.63, 3.8) is 0 Å². The van der Waals surface area contributed by atoms with Gasteiger partial charge in [-0.1, -0.05) is 0 Å². The summed E-state index contributed by atoms with van der Waals surface area (Å²) < 4.78 is 5.66. The maximum Gasteiger partial charge on any atom is 0.129 e. The average molecular weight is 263 g/mol. The van der Waals surface area contributed by atoms with Crippen LogP contribution in [0.3, 0.4) is 0 Å². The Morgan fingerprint density at radius 1 is 1.47 bits per heavy atom. The molecular formula is C15H25N3O. The molecule has 1 aliphatic rings. The molecule has 1 unspecified atom stereocenters. The van der Waals surface area contributed by atoms with Gasteiger partial charge >= 0.3 is 0 Å². The number of aryl methyl sites for hydroxylation is 1. The van der Waals surface area contributed by atoms with Crippen LogP contribution in [0.15, 0.2) is 12.1 Å². The summed E-state index contributed by atoms with van der Waals surface area (Å²) in [5.74, 6) is 1.08. The molecular weight excluding hydrogens is 238 g/mol. The lowest BCUT2D eigenvalue weighted by molar-refractivity contribution is -0.00482. The Bertz CT molecular complexity index is 435. The van der Waals surface area contributed by atoms with Crippen LogP contribution < -0.4 is 10.2 Å². The Balaban J connectivity index is 2.21. The average Bonchev–Trinajstić information content (AvgIpc) is 2.38. The standard InChI is InChI=1S/C15H25N3O/c1-12-8-13(10-16-3)9-14(17-12)18-7-5-6-15(2,11-18)19-4/h8-9,16H,5-7,10-11H2,1-4H3. The summed E-state index contributed by atoms with van der Waals surface area (Å²) in [4.78, 5) is 7.03. The van der Waals surface area contributed by atoms with Gasteiger partial charge in [-0.3, -0.25) is 0 Å². The van der Waals surface area contributed by atoms with E-state index in [1.807, 2.05) is 7.05 Å². The van der Waals surface area contributed by atoms with Gasteiger partial charge in [0.15, 0.2) is 0 Å². The molecule has 0 bridgehead atoms. The summed E-state index contributed by atoms with van der Waals surface area (Å²) in [5, 5.41) is 3.20. The van der Waals surface area contributed by atoms with Gasteiger partial charge in [-0.25, -0.2) is 4.98 Å². The minimum absolute atomic E-state index is 0.0488. The Kier molecular flexibility index (Phi) is 4.42. The first-order valence-corrected chi connectivity index (χ1v) is 6.98. The predicted octanol–water partition coefficient (Wildman–Crippen LogP) is 2.11. The van der Waals surface area contributed by atoms with Crippen molar-refractivity contribution in [1.29, 1.82) is 0 Å². The predicted molar refractivity (Wildman–Crippen MR) is 78.6 cm³/mol. The van der Waals surface area contributed by atoms with Crippen molar-refractivity contribution in [2.75, 3.05) is 32.1 Å². The van der Waals surface area contributed by atoms with Gasteiger partial charge in [-0.05, 0) is 51.4 Å². The normalized spacial score (nSPS) is 23.7. The summed E-state index contributed by atoms with van der Waals surface area (Å²) in [6, 6.07) is 4.32. The van der Waals surface area contributed by atoms with E-state index in [1.54, 1.807) is 7.11 Å². The van der Waals surface area contributed by atoms with E-state index in [1.165, 1.54) is 5.56 Å². The summed E-state index contributed by atoms with van der Waals surface area (Å²) in [5.41, 5.74) is 2.31. The minimum Gasteiger partial charge on any atom is -0.377 e. The molecule has 106 valence electrons. The fourth-order valence-electron chi connectivity index (χ4n) is 2.76. The lowest BCUT2D eigenvalue weighted by Crippen LogP contribution is -2.47. The number of hydrogen-bond donors (Lipinski definition) is 1. The number of anilines is 1. The molecule has 0 amide bonds. The van der Waals surface area contributed by atoms with Crippen LogP contribution >= 0.6 is 0 Å². The van der Waals surface area contributed by atoms with Crippen molar-refractivity contribution < 1.29 is 4.74 Å². The maximum absolute atomic E-state index is 5.66. The first-order valence-electron chi connectivity index (χ1n) is 6.98. The van der Waals surface area contributed by atoms with Crippen LogP contribution in [0.4, 0.5) is 5.82 Å². The number of piperidine rings is 1. The highest BCUT2D eigenvalue weighted by Gasteiger charge is 2.31. The molecule has 0 aromatic carbocycles. The highest BCUT2D eigenvalue weighted by molar-refractivity contribution is 5.43. The molecule has 0 spiro atoms. The zero-order valence-corrected chi connectivity index (χ0v) is 12.5. The van der Waals surface area contributed by atoms with Crippen molar-refractivity contribution in [2.45, 2.75) is 38.8 Å². The van der Waals surface area contributed by atoms with E-state index in [9.17, 15) is 0 Å².